The molecule has 3 fully saturated rings. The van der Waals surface area contributed by atoms with Crippen LogP contribution in [0.1, 0.15) is 46.0 Å². The van der Waals surface area contributed by atoms with Crippen molar-refractivity contribution in [3.8, 4) is 0 Å². The highest BCUT2D eigenvalue weighted by Crippen LogP contribution is 2.62. The zero-order valence-electron chi connectivity index (χ0n) is 13.0. The maximum Gasteiger partial charge on any atom is 0.158 e. The van der Waals surface area contributed by atoms with Crippen molar-refractivity contribution in [2.75, 3.05) is 6.61 Å². The Kier molecular flexibility index (Phi) is 2.95. The van der Waals surface area contributed by atoms with Gasteiger partial charge in [-0.05, 0) is 37.5 Å². The molecule has 0 aromatic carbocycles. The standard InChI is InChI=1S/C18H26O3/c1-17-8-7-14-12(13(17)5-6-15(17)19)4-3-11-9-16(20)21-10-18(11,14)2/h3-4,13-16,19-20H,5-10H2,1-2H3/t13-,14+,15?,16?,17-,18-/m0/s1. The second-order valence-electron chi connectivity index (χ2n) is 7.99. The SMILES string of the molecule is C[C@]12COC(O)CC1=CC=C1[C@H]2CC[C@]2(C)C(O)CC[C@@H]12. The molecule has 3 aliphatic carbocycles. The molecule has 4 aliphatic rings. The van der Waals surface area contributed by atoms with Crippen molar-refractivity contribution in [1.82, 2.24) is 0 Å². The van der Waals surface area contributed by atoms with Crippen molar-refractivity contribution in [3.63, 3.8) is 0 Å². The Morgan fingerprint density at radius 2 is 1.90 bits per heavy atom. The van der Waals surface area contributed by atoms with Crippen LogP contribution in [0.3, 0.4) is 0 Å². The minimum atomic E-state index is -0.638. The smallest absolute Gasteiger partial charge is 0.158 e. The Balaban J connectivity index is 1.74. The topological polar surface area (TPSA) is 49.7 Å². The Bertz CT molecular complexity index is 523. The van der Waals surface area contributed by atoms with Crippen molar-refractivity contribution < 1.29 is 14.9 Å². The maximum absolute atomic E-state index is 10.4. The molecule has 1 heterocycles. The predicted octanol–water partition coefficient (Wildman–Crippen LogP) is 2.79. The third-order valence-corrected chi connectivity index (χ3v) is 7.01. The molecule has 2 unspecified atom stereocenters. The average Bonchev–Trinajstić information content (AvgIpc) is 2.76. The van der Waals surface area contributed by atoms with E-state index in [1.54, 1.807) is 0 Å². The summed E-state index contributed by atoms with van der Waals surface area (Å²) in [5.41, 5.74) is 2.99. The second-order valence-corrected chi connectivity index (χ2v) is 7.99. The molecule has 1 aliphatic heterocycles. The van der Waals surface area contributed by atoms with Crippen molar-refractivity contribution in [2.24, 2.45) is 22.7 Å². The van der Waals surface area contributed by atoms with E-state index in [2.05, 4.69) is 26.0 Å². The maximum atomic E-state index is 10.4. The van der Waals surface area contributed by atoms with E-state index in [1.165, 1.54) is 11.1 Å². The van der Waals surface area contributed by atoms with Gasteiger partial charge in [-0.15, -0.1) is 0 Å². The summed E-state index contributed by atoms with van der Waals surface area (Å²) in [6.07, 6.45) is 8.68. The molecule has 0 bridgehead atoms. The summed E-state index contributed by atoms with van der Waals surface area (Å²) in [5, 5.41) is 20.2. The minimum absolute atomic E-state index is 0.0399. The van der Waals surface area contributed by atoms with Gasteiger partial charge in [-0.1, -0.05) is 37.1 Å². The van der Waals surface area contributed by atoms with Crippen LogP contribution in [-0.4, -0.2) is 29.2 Å². The lowest BCUT2D eigenvalue weighted by Crippen LogP contribution is -2.49. The highest BCUT2D eigenvalue weighted by molar-refractivity contribution is 5.38. The van der Waals surface area contributed by atoms with Crippen LogP contribution in [0.2, 0.25) is 0 Å². The Labute approximate surface area is 126 Å². The third-order valence-electron chi connectivity index (χ3n) is 7.01. The van der Waals surface area contributed by atoms with Gasteiger partial charge in [-0.3, -0.25) is 0 Å². The highest BCUT2D eigenvalue weighted by atomic mass is 16.6. The molecule has 21 heavy (non-hydrogen) atoms. The number of fused-ring (bicyclic) bond motifs is 5. The van der Waals surface area contributed by atoms with E-state index < -0.39 is 6.29 Å². The lowest BCUT2D eigenvalue weighted by Gasteiger charge is -2.53. The average molecular weight is 290 g/mol. The van der Waals surface area contributed by atoms with Crippen LogP contribution in [0, 0.1) is 22.7 Å². The largest absolute Gasteiger partial charge is 0.393 e. The van der Waals surface area contributed by atoms with Crippen LogP contribution in [0.4, 0.5) is 0 Å². The van der Waals surface area contributed by atoms with Gasteiger partial charge in [0.25, 0.3) is 0 Å². The number of ether oxygens (including phenoxy) is 1. The van der Waals surface area contributed by atoms with Crippen molar-refractivity contribution in [1.29, 1.82) is 0 Å². The molecular formula is C18H26O3. The first-order chi connectivity index (χ1) is 9.95. The van der Waals surface area contributed by atoms with Crippen molar-refractivity contribution >= 4 is 0 Å². The highest BCUT2D eigenvalue weighted by Gasteiger charge is 2.56. The molecule has 0 spiro atoms. The number of hydrogen-bond acceptors (Lipinski definition) is 3. The van der Waals surface area contributed by atoms with Crippen LogP contribution in [-0.2, 0) is 4.74 Å². The van der Waals surface area contributed by atoms with E-state index in [4.69, 9.17) is 4.74 Å². The Hall–Kier alpha value is -0.640. The van der Waals surface area contributed by atoms with Gasteiger partial charge in [0.1, 0.15) is 0 Å². The van der Waals surface area contributed by atoms with Gasteiger partial charge in [-0.25, -0.2) is 0 Å². The van der Waals surface area contributed by atoms with Crippen LogP contribution in [0.5, 0.6) is 0 Å². The van der Waals surface area contributed by atoms with E-state index in [1.807, 2.05) is 0 Å². The van der Waals surface area contributed by atoms with Crippen LogP contribution in [0.25, 0.3) is 0 Å². The summed E-state index contributed by atoms with van der Waals surface area (Å²) >= 11 is 0. The fraction of sp³-hybridized carbons (Fsp3) is 0.778. The molecule has 2 N–H and O–H groups in total. The quantitative estimate of drug-likeness (QED) is 0.721. The lowest BCUT2D eigenvalue weighted by atomic mass is 9.53. The number of allylic oxidation sites excluding steroid dienone is 3. The third kappa shape index (κ3) is 1.77. The van der Waals surface area contributed by atoms with Crippen LogP contribution >= 0.6 is 0 Å². The Morgan fingerprint density at radius 3 is 2.71 bits per heavy atom. The van der Waals surface area contributed by atoms with Gasteiger partial charge in [-0.2, -0.15) is 0 Å². The summed E-state index contributed by atoms with van der Waals surface area (Å²) in [4.78, 5) is 0. The van der Waals surface area contributed by atoms with E-state index in [0.29, 0.717) is 24.9 Å². The van der Waals surface area contributed by atoms with Gasteiger partial charge in [0.05, 0.1) is 12.7 Å². The minimum Gasteiger partial charge on any atom is -0.393 e. The van der Waals surface area contributed by atoms with Gasteiger partial charge in [0.15, 0.2) is 6.29 Å². The molecule has 2 saturated carbocycles. The molecule has 116 valence electrons. The number of aliphatic hydroxyl groups is 2. The summed E-state index contributed by atoms with van der Waals surface area (Å²) in [6.45, 7) is 5.19. The molecule has 3 heteroatoms. The normalized spacial score (nSPS) is 52.4. The summed E-state index contributed by atoms with van der Waals surface area (Å²) in [5.74, 6) is 1.04. The van der Waals surface area contributed by atoms with Gasteiger partial charge < -0.3 is 14.9 Å². The predicted molar refractivity (Wildman–Crippen MR) is 80.4 cm³/mol. The van der Waals surface area contributed by atoms with E-state index in [9.17, 15) is 10.2 Å². The molecule has 4 rings (SSSR count). The first kappa shape index (κ1) is 14.0. The molecule has 1 saturated heterocycles. The monoisotopic (exact) mass is 290 g/mol. The number of aliphatic hydroxyl groups excluding tert-OH is 2. The zero-order chi connectivity index (χ0) is 14.8. The van der Waals surface area contributed by atoms with E-state index in [-0.39, 0.29) is 16.9 Å². The van der Waals surface area contributed by atoms with Crippen LogP contribution < -0.4 is 0 Å². The first-order valence-corrected chi connectivity index (χ1v) is 8.34. The first-order valence-electron chi connectivity index (χ1n) is 8.34. The lowest BCUT2D eigenvalue weighted by molar-refractivity contribution is -0.151. The zero-order valence-corrected chi connectivity index (χ0v) is 13.0. The van der Waals surface area contributed by atoms with Gasteiger partial charge >= 0.3 is 0 Å². The molecule has 0 aromatic rings. The molecule has 3 nitrogen and oxygen atoms in total. The number of hydrogen-bond donors (Lipinski definition) is 2. The van der Waals surface area contributed by atoms with Crippen LogP contribution in [0.15, 0.2) is 23.3 Å². The summed E-state index contributed by atoms with van der Waals surface area (Å²) in [6, 6.07) is 0. The van der Waals surface area contributed by atoms with Gasteiger partial charge in [0, 0.05) is 17.3 Å². The van der Waals surface area contributed by atoms with Gasteiger partial charge in [0.2, 0.25) is 0 Å². The van der Waals surface area contributed by atoms with E-state index >= 15 is 0 Å². The van der Waals surface area contributed by atoms with E-state index in [0.717, 1.165) is 25.7 Å². The molecule has 0 amide bonds. The summed E-state index contributed by atoms with van der Waals surface area (Å²) in [7, 11) is 0. The Morgan fingerprint density at radius 1 is 1.10 bits per heavy atom. The molecule has 6 atom stereocenters. The number of rotatable bonds is 0. The second kappa shape index (κ2) is 4.43. The van der Waals surface area contributed by atoms with Crippen molar-refractivity contribution in [2.45, 2.75) is 58.3 Å². The fourth-order valence-corrected chi connectivity index (χ4v) is 5.51. The van der Waals surface area contributed by atoms with Crippen molar-refractivity contribution in [3.05, 3.63) is 23.3 Å². The molecular weight excluding hydrogens is 264 g/mol. The summed E-state index contributed by atoms with van der Waals surface area (Å²) < 4.78 is 5.60. The fourth-order valence-electron chi connectivity index (χ4n) is 5.51. The molecule has 0 aromatic heterocycles. The molecule has 0 radical (unpaired) electrons.